The number of nitrogens with zero attached hydrogens (tertiary/aromatic N) is 1. The highest BCUT2D eigenvalue weighted by atomic mass is 35.5. The third kappa shape index (κ3) is 5.26. The van der Waals surface area contributed by atoms with Crippen LogP contribution in [0.5, 0.6) is 0 Å². The third-order valence-electron chi connectivity index (χ3n) is 3.92. The Morgan fingerprint density at radius 3 is 2.41 bits per heavy atom. The summed E-state index contributed by atoms with van der Waals surface area (Å²) in [7, 11) is -3.35. The zero-order valence-corrected chi connectivity index (χ0v) is 14.2. The maximum atomic E-state index is 12.1. The molecule has 0 aliphatic carbocycles. The van der Waals surface area contributed by atoms with E-state index >= 15 is 0 Å². The highest BCUT2D eigenvalue weighted by Crippen LogP contribution is 2.17. The summed E-state index contributed by atoms with van der Waals surface area (Å²) in [5.74, 6) is 0.327. The van der Waals surface area contributed by atoms with Gasteiger partial charge in [0.05, 0.1) is 5.75 Å². The lowest BCUT2D eigenvalue weighted by Crippen LogP contribution is -2.40. The molecule has 122 valence electrons. The standard InChI is InChI=1S/C15H21ClN2O3S/c1-12(19)18-8-6-13(7-9-18)10-17-22(20,21)11-14-2-4-15(16)5-3-14/h2-5,13,17H,6-11H2,1H3. The number of sulfonamides is 1. The molecule has 0 spiro atoms. The second-order valence-electron chi connectivity index (χ2n) is 5.68. The molecule has 0 aromatic heterocycles. The predicted octanol–water partition coefficient (Wildman–Crippen LogP) is 2.02. The van der Waals surface area contributed by atoms with E-state index in [4.69, 9.17) is 11.6 Å². The second-order valence-corrected chi connectivity index (χ2v) is 7.93. The number of piperidine rings is 1. The molecule has 0 radical (unpaired) electrons. The monoisotopic (exact) mass is 344 g/mol. The van der Waals surface area contributed by atoms with Gasteiger partial charge in [-0.05, 0) is 36.5 Å². The zero-order valence-electron chi connectivity index (χ0n) is 12.6. The van der Waals surface area contributed by atoms with Gasteiger partial charge in [0.25, 0.3) is 0 Å². The highest BCUT2D eigenvalue weighted by Gasteiger charge is 2.22. The molecule has 1 aliphatic rings. The lowest BCUT2D eigenvalue weighted by molar-refractivity contribution is -0.130. The normalized spacial score (nSPS) is 16.7. The Kier molecular flexibility index (Phi) is 5.83. The summed E-state index contributed by atoms with van der Waals surface area (Å²) in [4.78, 5) is 13.1. The maximum Gasteiger partial charge on any atom is 0.219 e. The van der Waals surface area contributed by atoms with Crippen molar-refractivity contribution in [3.05, 3.63) is 34.9 Å². The first-order valence-electron chi connectivity index (χ1n) is 7.33. The summed E-state index contributed by atoms with van der Waals surface area (Å²) in [5.41, 5.74) is 0.711. The molecule has 1 aromatic rings. The lowest BCUT2D eigenvalue weighted by atomic mass is 9.97. The van der Waals surface area contributed by atoms with Crippen molar-refractivity contribution in [3.8, 4) is 0 Å². The molecule has 2 rings (SSSR count). The summed E-state index contributed by atoms with van der Waals surface area (Å²) in [6, 6.07) is 6.80. The van der Waals surface area contributed by atoms with Crippen molar-refractivity contribution in [1.29, 1.82) is 0 Å². The third-order valence-corrected chi connectivity index (χ3v) is 5.49. The summed E-state index contributed by atoms with van der Waals surface area (Å²) >= 11 is 5.79. The molecule has 0 saturated carbocycles. The molecule has 1 amide bonds. The highest BCUT2D eigenvalue weighted by molar-refractivity contribution is 7.88. The average Bonchev–Trinajstić information content (AvgIpc) is 2.48. The molecule has 1 aromatic carbocycles. The fourth-order valence-corrected chi connectivity index (χ4v) is 3.90. The van der Waals surface area contributed by atoms with E-state index in [1.54, 1.807) is 36.1 Å². The summed E-state index contributed by atoms with van der Waals surface area (Å²) < 4.78 is 26.9. The quantitative estimate of drug-likeness (QED) is 0.888. The number of carbonyl (C=O) groups is 1. The van der Waals surface area contributed by atoms with E-state index in [2.05, 4.69) is 4.72 Å². The van der Waals surface area contributed by atoms with Gasteiger partial charge < -0.3 is 4.90 Å². The minimum absolute atomic E-state index is 0.0452. The molecule has 1 fully saturated rings. The molecule has 1 saturated heterocycles. The second kappa shape index (κ2) is 7.44. The molecular formula is C15H21ClN2O3S. The van der Waals surface area contributed by atoms with Crippen LogP contribution < -0.4 is 4.72 Å². The van der Waals surface area contributed by atoms with Gasteiger partial charge in [0.15, 0.2) is 0 Å². The summed E-state index contributed by atoms with van der Waals surface area (Å²) in [5, 5.41) is 0.589. The number of rotatable bonds is 5. The van der Waals surface area contributed by atoms with Crippen LogP contribution in [0.4, 0.5) is 0 Å². The topological polar surface area (TPSA) is 66.5 Å². The van der Waals surface area contributed by atoms with Crippen LogP contribution >= 0.6 is 11.6 Å². The summed E-state index contributed by atoms with van der Waals surface area (Å²) in [6.45, 7) is 3.41. The molecular weight excluding hydrogens is 324 g/mol. The van der Waals surface area contributed by atoms with Gasteiger partial charge in [0, 0.05) is 31.6 Å². The number of hydrogen-bond donors (Lipinski definition) is 1. The number of hydrogen-bond acceptors (Lipinski definition) is 3. The first kappa shape index (κ1) is 17.2. The van der Waals surface area contributed by atoms with Gasteiger partial charge in [0.1, 0.15) is 0 Å². The number of halogens is 1. The number of likely N-dealkylation sites (tertiary alicyclic amines) is 1. The number of benzene rings is 1. The van der Waals surface area contributed by atoms with E-state index in [9.17, 15) is 13.2 Å². The van der Waals surface area contributed by atoms with E-state index in [1.807, 2.05) is 0 Å². The van der Waals surface area contributed by atoms with E-state index in [0.717, 1.165) is 12.8 Å². The van der Waals surface area contributed by atoms with Crippen LogP contribution in [-0.4, -0.2) is 38.9 Å². The van der Waals surface area contributed by atoms with Gasteiger partial charge >= 0.3 is 0 Å². The Balaban J connectivity index is 1.80. The largest absolute Gasteiger partial charge is 0.343 e. The average molecular weight is 345 g/mol. The van der Waals surface area contributed by atoms with Crippen molar-refractivity contribution < 1.29 is 13.2 Å². The SMILES string of the molecule is CC(=O)N1CCC(CNS(=O)(=O)Cc2ccc(Cl)cc2)CC1. The van der Waals surface area contributed by atoms with E-state index in [1.165, 1.54) is 0 Å². The van der Waals surface area contributed by atoms with Crippen LogP contribution in [0.2, 0.25) is 5.02 Å². The van der Waals surface area contributed by atoms with Gasteiger partial charge in [-0.1, -0.05) is 23.7 Å². The molecule has 1 aliphatic heterocycles. The molecule has 1 N–H and O–H groups in total. The smallest absolute Gasteiger partial charge is 0.219 e. The van der Waals surface area contributed by atoms with Crippen LogP contribution in [0, 0.1) is 5.92 Å². The van der Waals surface area contributed by atoms with Gasteiger partial charge in [-0.2, -0.15) is 0 Å². The Hall–Kier alpha value is -1.11. The molecule has 22 heavy (non-hydrogen) atoms. The van der Waals surface area contributed by atoms with Crippen LogP contribution in [0.25, 0.3) is 0 Å². The van der Waals surface area contributed by atoms with Crippen molar-refractivity contribution in [2.24, 2.45) is 5.92 Å². The van der Waals surface area contributed by atoms with Crippen molar-refractivity contribution >= 4 is 27.5 Å². The van der Waals surface area contributed by atoms with Crippen LogP contribution in [0.3, 0.4) is 0 Å². The van der Waals surface area contributed by atoms with Gasteiger partial charge in [-0.25, -0.2) is 13.1 Å². The first-order chi connectivity index (χ1) is 10.4. The molecule has 0 atom stereocenters. The predicted molar refractivity (Wildman–Crippen MR) is 87.1 cm³/mol. The molecule has 5 nitrogen and oxygen atoms in total. The van der Waals surface area contributed by atoms with Crippen LogP contribution in [0.15, 0.2) is 24.3 Å². The van der Waals surface area contributed by atoms with Crippen molar-refractivity contribution in [1.82, 2.24) is 9.62 Å². The van der Waals surface area contributed by atoms with Crippen molar-refractivity contribution in [2.75, 3.05) is 19.6 Å². The van der Waals surface area contributed by atoms with Gasteiger partial charge in [-0.15, -0.1) is 0 Å². The van der Waals surface area contributed by atoms with Crippen LogP contribution in [0.1, 0.15) is 25.3 Å². The number of nitrogens with one attached hydrogen (secondary N) is 1. The fraction of sp³-hybridized carbons (Fsp3) is 0.533. The van der Waals surface area contributed by atoms with Crippen LogP contribution in [-0.2, 0) is 20.6 Å². The number of amides is 1. The maximum absolute atomic E-state index is 12.1. The minimum atomic E-state index is -3.35. The Bertz CT molecular complexity index is 608. The van der Waals surface area contributed by atoms with E-state index < -0.39 is 10.0 Å². The van der Waals surface area contributed by atoms with Crippen molar-refractivity contribution in [3.63, 3.8) is 0 Å². The molecule has 0 unspecified atom stereocenters. The molecule has 0 bridgehead atoms. The van der Waals surface area contributed by atoms with E-state index in [0.29, 0.717) is 30.2 Å². The lowest BCUT2D eigenvalue weighted by Gasteiger charge is -2.31. The fourth-order valence-electron chi connectivity index (χ4n) is 2.55. The van der Waals surface area contributed by atoms with E-state index in [-0.39, 0.29) is 17.6 Å². The number of carbonyl (C=O) groups excluding carboxylic acids is 1. The Morgan fingerprint density at radius 1 is 1.27 bits per heavy atom. The van der Waals surface area contributed by atoms with Gasteiger partial charge in [0.2, 0.25) is 15.9 Å². The molecule has 1 heterocycles. The van der Waals surface area contributed by atoms with Crippen molar-refractivity contribution in [2.45, 2.75) is 25.5 Å². The Morgan fingerprint density at radius 2 is 1.86 bits per heavy atom. The summed E-state index contributed by atoms with van der Waals surface area (Å²) in [6.07, 6.45) is 1.67. The Labute approximate surface area is 136 Å². The molecule has 7 heteroatoms. The van der Waals surface area contributed by atoms with Gasteiger partial charge in [-0.3, -0.25) is 4.79 Å². The first-order valence-corrected chi connectivity index (χ1v) is 9.36. The zero-order chi connectivity index (χ0) is 16.2. The minimum Gasteiger partial charge on any atom is -0.343 e.